The first kappa shape index (κ1) is 12.3. The summed E-state index contributed by atoms with van der Waals surface area (Å²) in [5, 5.41) is 0. The first-order chi connectivity index (χ1) is 5.85. The summed E-state index contributed by atoms with van der Waals surface area (Å²) in [5.74, 6) is 0. The molecule has 0 aliphatic carbocycles. The SMILES string of the molecule is CCC[CH2][Sn](=[CH][C]=O)[CH2]CCC. The second kappa shape index (κ2) is 9.43. The third kappa shape index (κ3) is 7.01. The fourth-order valence-electron chi connectivity index (χ4n) is 1.16. The van der Waals surface area contributed by atoms with E-state index < -0.39 is 19.3 Å². The van der Waals surface area contributed by atoms with Gasteiger partial charge in [-0.3, -0.25) is 0 Å². The molecule has 0 saturated heterocycles. The molecule has 0 aromatic carbocycles. The van der Waals surface area contributed by atoms with Crippen molar-refractivity contribution < 1.29 is 4.79 Å². The molecule has 0 N–H and O–H groups in total. The molecule has 0 unspecified atom stereocenters. The molecule has 0 fully saturated rings. The van der Waals surface area contributed by atoms with Crippen LogP contribution in [0.5, 0.6) is 0 Å². The molecular weight excluding hydrogens is 255 g/mol. The average molecular weight is 274 g/mol. The third-order valence-electron chi connectivity index (χ3n) is 1.97. The van der Waals surface area contributed by atoms with Crippen molar-refractivity contribution in [3.05, 3.63) is 0 Å². The molecule has 69 valence electrons. The molecule has 0 aliphatic heterocycles. The van der Waals surface area contributed by atoms with Gasteiger partial charge in [0.2, 0.25) is 0 Å². The molecule has 0 aliphatic rings. The Bertz CT molecular complexity index is 131. The molecule has 0 aromatic rings. The van der Waals surface area contributed by atoms with Gasteiger partial charge in [-0.15, -0.1) is 0 Å². The number of carbonyl (C=O) groups excluding carboxylic acids is 1. The Kier molecular flexibility index (Phi) is 9.69. The van der Waals surface area contributed by atoms with E-state index in [1.807, 2.05) is 10.3 Å². The molecule has 0 aromatic heterocycles. The summed E-state index contributed by atoms with van der Waals surface area (Å²) in [4.78, 5) is 10.2. The molecule has 0 saturated carbocycles. The Hall–Kier alpha value is 0.339. The minimum absolute atomic E-state index is 1.27. The van der Waals surface area contributed by atoms with E-state index in [0.29, 0.717) is 0 Å². The standard InChI is InChI=1S/2C4H9.C2HO.Sn/c2*1-3-4-2;1-2-3;/h2*1,3-4H2,2H3;1H;. The number of unbranched alkanes of at least 4 members (excludes halogenated alkanes) is 2. The number of hydrogen-bond donors (Lipinski definition) is 0. The van der Waals surface area contributed by atoms with Crippen LogP contribution in [0.3, 0.4) is 0 Å². The zero-order chi connectivity index (χ0) is 9.23. The van der Waals surface area contributed by atoms with Gasteiger partial charge in [0.15, 0.2) is 0 Å². The van der Waals surface area contributed by atoms with Crippen LogP contribution in [-0.4, -0.2) is 29.6 Å². The molecule has 0 spiro atoms. The maximum absolute atomic E-state index is 10.2. The molecule has 0 heterocycles. The van der Waals surface area contributed by atoms with Gasteiger partial charge in [0, 0.05) is 0 Å². The van der Waals surface area contributed by atoms with Gasteiger partial charge in [-0.05, 0) is 0 Å². The van der Waals surface area contributed by atoms with Crippen LogP contribution in [0.2, 0.25) is 8.87 Å². The van der Waals surface area contributed by atoms with Gasteiger partial charge < -0.3 is 0 Å². The maximum atomic E-state index is 10.2. The van der Waals surface area contributed by atoms with Crippen molar-refractivity contribution in [2.45, 2.75) is 48.4 Å². The topological polar surface area (TPSA) is 17.1 Å². The van der Waals surface area contributed by atoms with Crippen LogP contribution in [0.1, 0.15) is 39.5 Å². The van der Waals surface area contributed by atoms with Crippen molar-refractivity contribution in [1.82, 2.24) is 0 Å². The van der Waals surface area contributed by atoms with E-state index in [1.165, 1.54) is 34.6 Å². The predicted octanol–water partition coefficient (Wildman–Crippen LogP) is 2.58. The van der Waals surface area contributed by atoms with Crippen LogP contribution in [-0.2, 0) is 4.79 Å². The van der Waals surface area contributed by atoms with Crippen molar-refractivity contribution in [2.24, 2.45) is 0 Å². The predicted molar refractivity (Wildman–Crippen MR) is 56.9 cm³/mol. The van der Waals surface area contributed by atoms with Crippen LogP contribution in [0.25, 0.3) is 0 Å². The molecule has 1 nitrogen and oxygen atoms in total. The molecule has 1 radical (unpaired) electrons. The van der Waals surface area contributed by atoms with Crippen LogP contribution >= 0.6 is 0 Å². The fourth-order valence-corrected chi connectivity index (χ4v) is 7.78. The third-order valence-corrected chi connectivity index (χ3v) is 9.15. The summed E-state index contributed by atoms with van der Waals surface area (Å²) in [6.45, 7) is 4.43. The zero-order valence-electron chi connectivity index (χ0n) is 8.23. The molecule has 0 bridgehead atoms. The second-order valence-corrected chi connectivity index (χ2v) is 10.6. The van der Waals surface area contributed by atoms with Gasteiger partial charge in [0.25, 0.3) is 0 Å². The van der Waals surface area contributed by atoms with Gasteiger partial charge in [-0.1, -0.05) is 0 Å². The summed E-state index contributed by atoms with van der Waals surface area (Å²) in [7, 11) is 0. The minimum atomic E-state index is -1.36. The summed E-state index contributed by atoms with van der Waals surface area (Å²) in [5.41, 5.74) is 0. The zero-order valence-corrected chi connectivity index (χ0v) is 11.1. The van der Waals surface area contributed by atoms with Crippen molar-refractivity contribution in [3.8, 4) is 0 Å². The normalized spacial score (nSPS) is 9.50. The molecule has 2 heteroatoms. The molecule has 0 atom stereocenters. The van der Waals surface area contributed by atoms with E-state index in [4.69, 9.17) is 0 Å². The number of rotatable bonds is 7. The number of hydrogen-bond acceptors (Lipinski definition) is 1. The van der Waals surface area contributed by atoms with Gasteiger partial charge in [0.05, 0.1) is 0 Å². The van der Waals surface area contributed by atoms with E-state index in [1.54, 1.807) is 0 Å². The van der Waals surface area contributed by atoms with E-state index in [-0.39, 0.29) is 0 Å². The summed E-state index contributed by atoms with van der Waals surface area (Å²) in [6.07, 6.45) is 7.16. The van der Waals surface area contributed by atoms with Crippen molar-refractivity contribution in [3.63, 3.8) is 0 Å². The van der Waals surface area contributed by atoms with Crippen molar-refractivity contribution >= 4 is 29.6 Å². The summed E-state index contributed by atoms with van der Waals surface area (Å²) < 4.78 is 4.61. The molecule has 0 rings (SSSR count). The fraction of sp³-hybridized carbons (Fsp3) is 0.800. The molecule has 0 amide bonds. The van der Waals surface area contributed by atoms with Crippen LogP contribution in [0.4, 0.5) is 0 Å². The van der Waals surface area contributed by atoms with E-state index >= 15 is 0 Å². The molecule has 12 heavy (non-hydrogen) atoms. The second-order valence-electron chi connectivity index (χ2n) is 3.13. The molecular formula is C10H19OSn. The first-order valence-corrected chi connectivity index (χ1v) is 10.6. The van der Waals surface area contributed by atoms with Crippen LogP contribution in [0.15, 0.2) is 0 Å². The van der Waals surface area contributed by atoms with Crippen LogP contribution < -0.4 is 0 Å². The van der Waals surface area contributed by atoms with Crippen molar-refractivity contribution in [1.29, 1.82) is 0 Å². The van der Waals surface area contributed by atoms with Gasteiger partial charge in [-0.2, -0.15) is 0 Å². The van der Waals surface area contributed by atoms with E-state index in [0.717, 1.165) is 0 Å². The Balaban J connectivity index is 3.70. The average Bonchev–Trinajstić information content (AvgIpc) is 2.10. The quantitative estimate of drug-likeness (QED) is 0.652. The van der Waals surface area contributed by atoms with Gasteiger partial charge >= 0.3 is 82.8 Å². The Labute approximate surface area is 82.8 Å². The Morgan fingerprint density at radius 3 is 2.00 bits per heavy atom. The Morgan fingerprint density at radius 2 is 1.67 bits per heavy atom. The Morgan fingerprint density at radius 1 is 1.17 bits per heavy atom. The summed E-state index contributed by atoms with van der Waals surface area (Å²) >= 11 is -1.36. The van der Waals surface area contributed by atoms with Gasteiger partial charge in [0.1, 0.15) is 0 Å². The van der Waals surface area contributed by atoms with Crippen molar-refractivity contribution in [2.75, 3.05) is 0 Å². The van der Waals surface area contributed by atoms with Crippen LogP contribution in [0, 0.1) is 0 Å². The first-order valence-electron chi connectivity index (χ1n) is 4.90. The summed E-state index contributed by atoms with van der Waals surface area (Å²) in [6, 6.07) is 0. The van der Waals surface area contributed by atoms with Gasteiger partial charge in [-0.25, -0.2) is 0 Å². The van der Waals surface area contributed by atoms with E-state index in [2.05, 4.69) is 13.8 Å². The monoisotopic (exact) mass is 275 g/mol. The van der Waals surface area contributed by atoms with E-state index in [9.17, 15) is 4.79 Å².